The second-order valence-electron chi connectivity index (χ2n) is 5.05. The Morgan fingerprint density at radius 1 is 1.22 bits per heavy atom. The van der Waals surface area contributed by atoms with Crippen LogP contribution in [0.25, 0.3) is 6.08 Å². The quantitative estimate of drug-likeness (QED) is 0.590. The molecule has 0 radical (unpaired) electrons. The highest BCUT2D eigenvalue weighted by molar-refractivity contribution is 8.27. The number of carbonyl (C=O) groups excluding carboxylic acids is 1. The maximum atomic E-state index is 13.3. The topological polar surface area (TPSA) is 20.3 Å². The van der Waals surface area contributed by atoms with Crippen LogP contribution in [0.3, 0.4) is 0 Å². The zero-order valence-corrected chi connectivity index (χ0v) is 14.1. The molecule has 3 rings (SSSR count). The van der Waals surface area contributed by atoms with Gasteiger partial charge in [0.2, 0.25) is 0 Å². The average molecular weight is 343 g/mol. The molecule has 116 valence electrons. The molecule has 23 heavy (non-hydrogen) atoms. The van der Waals surface area contributed by atoms with Crippen molar-refractivity contribution in [1.82, 2.24) is 0 Å². The van der Waals surface area contributed by atoms with E-state index >= 15 is 0 Å². The SMILES string of the molecule is CCc1ccccc1N1C(=O)/C(=C/c2cccc(F)c2)SC1=S. The first kappa shape index (κ1) is 15.9. The zero-order chi connectivity index (χ0) is 16.4. The number of aryl methyl sites for hydroxylation is 1. The molecule has 5 heteroatoms. The third-order valence-electron chi connectivity index (χ3n) is 3.55. The maximum Gasteiger partial charge on any atom is 0.270 e. The maximum absolute atomic E-state index is 13.3. The highest BCUT2D eigenvalue weighted by Gasteiger charge is 2.34. The summed E-state index contributed by atoms with van der Waals surface area (Å²) in [6, 6.07) is 13.9. The van der Waals surface area contributed by atoms with Crippen molar-refractivity contribution in [1.29, 1.82) is 0 Å². The molecular weight excluding hydrogens is 329 g/mol. The number of para-hydroxylation sites is 1. The van der Waals surface area contributed by atoms with Gasteiger partial charge in [0.15, 0.2) is 4.32 Å². The summed E-state index contributed by atoms with van der Waals surface area (Å²) < 4.78 is 13.8. The third kappa shape index (κ3) is 3.21. The van der Waals surface area contributed by atoms with Gasteiger partial charge in [0.25, 0.3) is 5.91 Å². The molecule has 2 aromatic carbocycles. The van der Waals surface area contributed by atoms with Crippen molar-refractivity contribution in [3.8, 4) is 0 Å². The number of nitrogens with zero attached hydrogens (tertiary/aromatic N) is 1. The summed E-state index contributed by atoms with van der Waals surface area (Å²) in [7, 11) is 0. The minimum Gasteiger partial charge on any atom is -0.268 e. The Labute approximate surface area is 144 Å². The molecule has 2 aromatic rings. The van der Waals surface area contributed by atoms with Gasteiger partial charge in [-0.25, -0.2) is 4.39 Å². The van der Waals surface area contributed by atoms with Crippen molar-refractivity contribution in [3.05, 3.63) is 70.4 Å². The van der Waals surface area contributed by atoms with Gasteiger partial charge < -0.3 is 0 Å². The van der Waals surface area contributed by atoms with Crippen molar-refractivity contribution in [3.63, 3.8) is 0 Å². The van der Waals surface area contributed by atoms with Gasteiger partial charge >= 0.3 is 0 Å². The van der Waals surface area contributed by atoms with Crippen molar-refractivity contribution in [2.24, 2.45) is 0 Å². The lowest BCUT2D eigenvalue weighted by atomic mass is 10.1. The first-order valence-electron chi connectivity index (χ1n) is 7.21. The summed E-state index contributed by atoms with van der Waals surface area (Å²) in [4.78, 5) is 14.8. The number of amides is 1. The molecule has 0 spiro atoms. The van der Waals surface area contributed by atoms with Crippen molar-refractivity contribution in [2.75, 3.05) is 4.90 Å². The largest absolute Gasteiger partial charge is 0.270 e. The van der Waals surface area contributed by atoms with Gasteiger partial charge in [0.1, 0.15) is 5.82 Å². The van der Waals surface area contributed by atoms with Crippen molar-refractivity contribution in [2.45, 2.75) is 13.3 Å². The van der Waals surface area contributed by atoms with E-state index in [1.54, 1.807) is 23.1 Å². The molecule has 0 aliphatic carbocycles. The van der Waals surface area contributed by atoms with E-state index in [1.807, 2.05) is 31.2 Å². The molecule has 1 aliphatic heterocycles. The molecule has 1 amide bonds. The molecule has 0 aromatic heterocycles. The Balaban J connectivity index is 1.97. The van der Waals surface area contributed by atoms with Crippen LogP contribution in [0.4, 0.5) is 10.1 Å². The van der Waals surface area contributed by atoms with Gasteiger partial charge in [-0.05, 0) is 41.8 Å². The second-order valence-corrected chi connectivity index (χ2v) is 6.73. The first-order chi connectivity index (χ1) is 11.1. The van der Waals surface area contributed by atoms with Gasteiger partial charge in [-0.15, -0.1) is 0 Å². The summed E-state index contributed by atoms with van der Waals surface area (Å²) in [5.41, 5.74) is 2.53. The van der Waals surface area contributed by atoms with Gasteiger partial charge in [-0.2, -0.15) is 0 Å². The van der Waals surface area contributed by atoms with Crippen molar-refractivity contribution < 1.29 is 9.18 Å². The summed E-state index contributed by atoms with van der Waals surface area (Å²) in [5, 5.41) is 0. The molecule has 2 nitrogen and oxygen atoms in total. The van der Waals surface area contributed by atoms with E-state index in [9.17, 15) is 9.18 Å². The molecule has 0 saturated carbocycles. The normalized spacial score (nSPS) is 16.4. The average Bonchev–Trinajstić information content (AvgIpc) is 2.81. The molecule has 0 atom stereocenters. The van der Waals surface area contributed by atoms with Crippen LogP contribution in [0.15, 0.2) is 53.4 Å². The number of anilines is 1. The summed E-state index contributed by atoms with van der Waals surface area (Å²) in [6.07, 6.45) is 2.49. The number of hydrogen-bond donors (Lipinski definition) is 0. The van der Waals surface area contributed by atoms with E-state index in [0.717, 1.165) is 17.7 Å². The lowest BCUT2D eigenvalue weighted by Crippen LogP contribution is -2.28. The van der Waals surface area contributed by atoms with Crippen LogP contribution in [-0.4, -0.2) is 10.2 Å². The van der Waals surface area contributed by atoms with Crippen LogP contribution in [-0.2, 0) is 11.2 Å². The molecule has 1 saturated heterocycles. The Hall–Kier alpha value is -1.98. The molecule has 0 N–H and O–H groups in total. The highest BCUT2D eigenvalue weighted by Crippen LogP contribution is 2.37. The Kier molecular flexibility index (Phi) is 4.59. The number of thioether (sulfide) groups is 1. The van der Waals surface area contributed by atoms with Crippen LogP contribution in [0.5, 0.6) is 0 Å². The third-order valence-corrected chi connectivity index (χ3v) is 4.86. The molecular formula is C18H14FNOS2. The fourth-order valence-electron chi connectivity index (χ4n) is 2.45. The number of benzene rings is 2. The second kappa shape index (κ2) is 6.64. The van der Waals surface area contributed by atoms with E-state index in [0.29, 0.717) is 14.8 Å². The summed E-state index contributed by atoms with van der Waals surface area (Å²) >= 11 is 6.62. The van der Waals surface area contributed by atoms with Crippen LogP contribution >= 0.6 is 24.0 Å². The van der Waals surface area contributed by atoms with Gasteiger partial charge in [-0.3, -0.25) is 9.69 Å². The van der Waals surface area contributed by atoms with E-state index < -0.39 is 0 Å². The lowest BCUT2D eigenvalue weighted by Gasteiger charge is -2.18. The van der Waals surface area contributed by atoms with Gasteiger partial charge in [0, 0.05) is 0 Å². The molecule has 1 heterocycles. The van der Waals surface area contributed by atoms with E-state index in [-0.39, 0.29) is 11.7 Å². The highest BCUT2D eigenvalue weighted by atomic mass is 32.2. The van der Waals surface area contributed by atoms with Gasteiger partial charge in [-0.1, -0.05) is 61.2 Å². The molecule has 1 aliphatic rings. The number of carbonyl (C=O) groups is 1. The fraction of sp³-hybridized carbons (Fsp3) is 0.111. The number of rotatable bonds is 3. The number of halogens is 1. The predicted octanol–water partition coefficient (Wildman–Crippen LogP) is 4.79. The minimum atomic E-state index is -0.328. The van der Waals surface area contributed by atoms with Crippen LogP contribution in [0, 0.1) is 5.82 Å². The monoisotopic (exact) mass is 343 g/mol. The van der Waals surface area contributed by atoms with E-state index in [1.165, 1.54) is 23.9 Å². The Bertz CT molecular complexity index is 816. The van der Waals surface area contributed by atoms with Gasteiger partial charge in [0.05, 0.1) is 10.6 Å². The Morgan fingerprint density at radius 2 is 2.00 bits per heavy atom. The lowest BCUT2D eigenvalue weighted by molar-refractivity contribution is -0.113. The summed E-state index contributed by atoms with van der Waals surface area (Å²) in [5.74, 6) is -0.490. The predicted molar refractivity (Wildman–Crippen MR) is 97.9 cm³/mol. The molecule has 1 fully saturated rings. The van der Waals surface area contributed by atoms with Crippen molar-refractivity contribution >= 4 is 46.0 Å². The first-order valence-corrected chi connectivity index (χ1v) is 8.44. The summed E-state index contributed by atoms with van der Waals surface area (Å²) in [6.45, 7) is 2.04. The minimum absolute atomic E-state index is 0.162. The Morgan fingerprint density at radius 3 is 2.74 bits per heavy atom. The molecule has 0 bridgehead atoms. The van der Waals surface area contributed by atoms with E-state index in [2.05, 4.69) is 0 Å². The fourth-order valence-corrected chi connectivity index (χ4v) is 3.74. The van der Waals surface area contributed by atoms with Crippen LogP contribution in [0.2, 0.25) is 0 Å². The number of thiocarbonyl (C=S) groups is 1. The van der Waals surface area contributed by atoms with Crippen LogP contribution < -0.4 is 4.90 Å². The van der Waals surface area contributed by atoms with Crippen LogP contribution in [0.1, 0.15) is 18.1 Å². The number of hydrogen-bond acceptors (Lipinski definition) is 3. The standard InChI is InChI=1S/C18H14FNOS2/c1-2-13-7-3-4-9-15(13)20-17(21)16(23-18(20)22)11-12-6-5-8-14(19)10-12/h3-11H,2H2,1H3/b16-11-. The smallest absolute Gasteiger partial charge is 0.268 e. The zero-order valence-electron chi connectivity index (χ0n) is 12.5. The van der Waals surface area contributed by atoms with E-state index in [4.69, 9.17) is 12.2 Å². The molecule has 0 unspecified atom stereocenters.